The maximum Gasteiger partial charge on any atom is 0.256 e. The fourth-order valence-corrected chi connectivity index (χ4v) is 3.49. The number of amides is 1. The van der Waals surface area contributed by atoms with Gasteiger partial charge in [0.1, 0.15) is 0 Å². The number of benzene rings is 1. The number of nitrogens with one attached hydrogen (secondary N) is 1. The minimum absolute atomic E-state index is 0.00537. The average molecular weight is 300 g/mol. The smallest absolute Gasteiger partial charge is 0.256 e. The van der Waals surface area contributed by atoms with Gasteiger partial charge in [0.05, 0.1) is 11.3 Å². The predicted octanol–water partition coefficient (Wildman–Crippen LogP) is 2.59. The number of carbonyl (C=O) groups is 1. The third-order valence-electron chi connectivity index (χ3n) is 3.25. The molecule has 1 unspecified atom stereocenters. The highest BCUT2D eigenvalue weighted by molar-refractivity contribution is 8.00. The van der Waals surface area contributed by atoms with Gasteiger partial charge in [0.15, 0.2) is 0 Å². The summed E-state index contributed by atoms with van der Waals surface area (Å²) in [7, 11) is 0. The summed E-state index contributed by atoms with van der Waals surface area (Å²) in [5.41, 5.74) is 3.71. The molecule has 1 aliphatic heterocycles. The highest BCUT2D eigenvalue weighted by Crippen LogP contribution is 2.26. The molecule has 4 nitrogen and oxygen atoms in total. The SMILES string of the molecule is CCC1CN(C(=O)c2cc(Cl)ccc2NN)CCS1. The van der Waals surface area contributed by atoms with E-state index in [1.807, 2.05) is 16.7 Å². The third kappa shape index (κ3) is 3.35. The van der Waals surface area contributed by atoms with Gasteiger partial charge in [-0.1, -0.05) is 18.5 Å². The Kier molecular flexibility index (Phi) is 4.96. The first kappa shape index (κ1) is 14.5. The van der Waals surface area contributed by atoms with Crippen LogP contribution in [0.3, 0.4) is 0 Å². The summed E-state index contributed by atoms with van der Waals surface area (Å²) < 4.78 is 0. The van der Waals surface area contributed by atoms with Gasteiger partial charge in [-0.2, -0.15) is 11.8 Å². The van der Waals surface area contributed by atoms with Crippen LogP contribution < -0.4 is 11.3 Å². The number of halogens is 1. The molecule has 1 aromatic carbocycles. The van der Waals surface area contributed by atoms with Gasteiger partial charge >= 0.3 is 0 Å². The van der Waals surface area contributed by atoms with E-state index < -0.39 is 0 Å². The molecule has 0 bridgehead atoms. The molecule has 1 saturated heterocycles. The van der Waals surface area contributed by atoms with E-state index in [1.54, 1.807) is 18.2 Å². The van der Waals surface area contributed by atoms with Crippen LogP contribution in [0.15, 0.2) is 18.2 Å². The Morgan fingerprint density at radius 2 is 2.42 bits per heavy atom. The van der Waals surface area contributed by atoms with Crippen molar-refractivity contribution in [2.75, 3.05) is 24.3 Å². The van der Waals surface area contributed by atoms with Gasteiger partial charge in [0.2, 0.25) is 0 Å². The van der Waals surface area contributed by atoms with E-state index in [1.165, 1.54) is 0 Å². The molecule has 2 rings (SSSR count). The molecule has 1 atom stereocenters. The van der Waals surface area contributed by atoms with Gasteiger partial charge in [-0.3, -0.25) is 10.6 Å². The van der Waals surface area contributed by atoms with E-state index in [9.17, 15) is 4.79 Å². The molecule has 0 spiro atoms. The fraction of sp³-hybridized carbons (Fsp3) is 0.462. The lowest BCUT2D eigenvalue weighted by Crippen LogP contribution is -2.42. The highest BCUT2D eigenvalue weighted by atomic mass is 35.5. The van der Waals surface area contributed by atoms with Crippen molar-refractivity contribution in [1.29, 1.82) is 0 Å². The van der Waals surface area contributed by atoms with Gasteiger partial charge in [0.25, 0.3) is 5.91 Å². The Balaban J connectivity index is 2.21. The molecule has 6 heteroatoms. The molecule has 1 aromatic rings. The number of anilines is 1. The predicted molar refractivity (Wildman–Crippen MR) is 81.7 cm³/mol. The van der Waals surface area contributed by atoms with E-state index in [0.29, 0.717) is 21.5 Å². The van der Waals surface area contributed by atoms with Crippen molar-refractivity contribution in [2.45, 2.75) is 18.6 Å². The molecule has 0 radical (unpaired) electrons. The second kappa shape index (κ2) is 6.50. The average Bonchev–Trinajstić information content (AvgIpc) is 2.46. The Morgan fingerprint density at radius 3 is 3.11 bits per heavy atom. The van der Waals surface area contributed by atoms with Crippen molar-refractivity contribution in [3.8, 4) is 0 Å². The number of hydrogen-bond donors (Lipinski definition) is 2. The lowest BCUT2D eigenvalue weighted by molar-refractivity contribution is 0.0762. The fourth-order valence-electron chi connectivity index (χ4n) is 2.14. The van der Waals surface area contributed by atoms with Crippen molar-refractivity contribution in [3.05, 3.63) is 28.8 Å². The summed E-state index contributed by atoms with van der Waals surface area (Å²) in [4.78, 5) is 14.4. The molecule has 1 amide bonds. The van der Waals surface area contributed by atoms with Crippen LogP contribution in [0.4, 0.5) is 5.69 Å². The summed E-state index contributed by atoms with van der Waals surface area (Å²) in [5, 5.41) is 1.06. The number of rotatable bonds is 3. The quantitative estimate of drug-likeness (QED) is 0.665. The van der Waals surface area contributed by atoms with Gasteiger partial charge in [0, 0.05) is 29.1 Å². The normalized spacial score (nSPS) is 19.3. The molecule has 1 aliphatic rings. The molecular weight excluding hydrogens is 282 g/mol. The maximum absolute atomic E-state index is 12.6. The van der Waals surface area contributed by atoms with E-state index in [2.05, 4.69) is 12.3 Å². The van der Waals surface area contributed by atoms with E-state index >= 15 is 0 Å². The van der Waals surface area contributed by atoms with Gasteiger partial charge in [-0.05, 0) is 24.6 Å². The molecule has 1 fully saturated rings. The zero-order valence-corrected chi connectivity index (χ0v) is 12.4. The first-order valence-corrected chi connectivity index (χ1v) is 7.75. The third-order valence-corrected chi connectivity index (χ3v) is 4.86. The molecule has 0 aliphatic carbocycles. The summed E-state index contributed by atoms with van der Waals surface area (Å²) in [6.07, 6.45) is 1.08. The zero-order chi connectivity index (χ0) is 13.8. The number of thioether (sulfide) groups is 1. The molecule has 104 valence electrons. The van der Waals surface area contributed by atoms with Gasteiger partial charge in [-0.25, -0.2) is 0 Å². The molecule has 0 aromatic heterocycles. The molecule has 3 N–H and O–H groups in total. The van der Waals surface area contributed by atoms with E-state index in [4.69, 9.17) is 17.4 Å². The number of hydrazine groups is 1. The largest absolute Gasteiger partial charge is 0.337 e. The lowest BCUT2D eigenvalue weighted by atomic mass is 10.1. The van der Waals surface area contributed by atoms with Crippen molar-refractivity contribution >= 4 is 35.0 Å². The number of nitrogens with two attached hydrogens (primary N) is 1. The topological polar surface area (TPSA) is 58.4 Å². The second-order valence-electron chi connectivity index (χ2n) is 4.49. The maximum atomic E-state index is 12.6. The van der Waals surface area contributed by atoms with E-state index in [0.717, 1.165) is 25.3 Å². The Morgan fingerprint density at radius 1 is 1.63 bits per heavy atom. The minimum Gasteiger partial charge on any atom is -0.337 e. The standard InChI is InChI=1S/C13H18ClN3OS/c1-2-10-8-17(5-6-19-10)13(18)11-7-9(14)3-4-12(11)16-15/h3-4,7,10,16H,2,5-6,8,15H2,1H3. The van der Waals surface area contributed by atoms with Gasteiger partial charge in [-0.15, -0.1) is 0 Å². The second-order valence-corrected chi connectivity index (χ2v) is 6.33. The Bertz CT molecular complexity index is 469. The van der Waals surface area contributed by atoms with Gasteiger partial charge < -0.3 is 10.3 Å². The molecule has 1 heterocycles. The monoisotopic (exact) mass is 299 g/mol. The van der Waals surface area contributed by atoms with Crippen LogP contribution in [0.5, 0.6) is 0 Å². The van der Waals surface area contributed by atoms with Crippen molar-refractivity contribution in [1.82, 2.24) is 4.90 Å². The van der Waals surface area contributed by atoms with Crippen molar-refractivity contribution < 1.29 is 4.79 Å². The summed E-state index contributed by atoms with van der Waals surface area (Å²) in [6.45, 7) is 3.71. The number of carbonyl (C=O) groups excluding carboxylic acids is 1. The molecule has 19 heavy (non-hydrogen) atoms. The van der Waals surface area contributed by atoms with Crippen LogP contribution in [0.2, 0.25) is 5.02 Å². The summed E-state index contributed by atoms with van der Waals surface area (Å²) >= 11 is 7.90. The highest BCUT2D eigenvalue weighted by Gasteiger charge is 2.25. The van der Waals surface area contributed by atoms with Crippen molar-refractivity contribution in [2.24, 2.45) is 5.84 Å². The number of hydrogen-bond acceptors (Lipinski definition) is 4. The summed E-state index contributed by atoms with van der Waals surface area (Å²) in [6, 6.07) is 5.11. The molecule has 0 saturated carbocycles. The minimum atomic E-state index is -0.00537. The first-order chi connectivity index (χ1) is 9.15. The van der Waals surface area contributed by atoms with Crippen LogP contribution in [0.25, 0.3) is 0 Å². The van der Waals surface area contributed by atoms with Crippen LogP contribution in [-0.2, 0) is 0 Å². The molecular formula is C13H18ClN3OS. The van der Waals surface area contributed by atoms with Crippen LogP contribution in [0.1, 0.15) is 23.7 Å². The Labute approximate surface area is 122 Å². The summed E-state index contributed by atoms with van der Waals surface area (Å²) in [5.74, 6) is 6.43. The number of nitrogens with zero attached hydrogens (tertiary/aromatic N) is 1. The zero-order valence-electron chi connectivity index (χ0n) is 10.9. The van der Waals surface area contributed by atoms with Crippen molar-refractivity contribution in [3.63, 3.8) is 0 Å². The van der Waals surface area contributed by atoms with Crippen LogP contribution in [-0.4, -0.2) is 34.9 Å². The first-order valence-electron chi connectivity index (χ1n) is 6.32. The number of nitrogen functional groups attached to an aromatic ring is 1. The van der Waals surface area contributed by atoms with Crippen LogP contribution in [0, 0.1) is 0 Å². The Hall–Kier alpha value is -0.910. The van der Waals surface area contributed by atoms with Crippen LogP contribution >= 0.6 is 23.4 Å². The van der Waals surface area contributed by atoms with E-state index in [-0.39, 0.29) is 5.91 Å². The lowest BCUT2D eigenvalue weighted by Gasteiger charge is -2.32.